The lowest BCUT2D eigenvalue weighted by atomic mass is 10.2. The molecule has 0 radical (unpaired) electrons. The van der Waals surface area contributed by atoms with Gasteiger partial charge in [0, 0.05) is 0 Å². The van der Waals surface area contributed by atoms with E-state index < -0.39 is 21.5 Å². The molecule has 2 rings (SSSR count). The van der Waals surface area contributed by atoms with Crippen LogP contribution in [-0.4, -0.2) is 27.2 Å². The number of sulfone groups is 1. The minimum Gasteiger partial charge on any atom is -0.495 e. The van der Waals surface area contributed by atoms with Crippen molar-refractivity contribution in [3.8, 4) is 11.8 Å². The van der Waals surface area contributed by atoms with E-state index in [1.54, 1.807) is 48.5 Å². The molecule has 1 amide bonds. The summed E-state index contributed by atoms with van der Waals surface area (Å²) in [6, 6.07) is 14.9. The normalized spacial score (nSPS) is 10.7. The van der Waals surface area contributed by atoms with Gasteiger partial charge in [-0.2, -0.15) is 5.26 Å². The van der Waals surface area contributed by atoms with Crippen LogP contribution in [-0.2, 0) is 20.4 Å². The van der Waals surface area contributed by atoms with E-state index in [0.29, 0.717) is 22.6 Å². The molecule has 0 fully saturated rings. The van der Waals surface area contributed by atoms with Gasteiger partial charge < -0.3 is 10.1 Å². The molecule has 6 nitrogen and oxygen atoms in total. The number of benzene rings is 2. The summed E-state index contributed by atoms with van der Waals surface area (Å²) in [6.45, 7) is 0. The summed E-state index contributed by atoms with van der Waals surface area (Å²) in [5, 5.41) is 11.3. The Morgan fingerprint density at radius 1 is 1.17 bits per heavy atom. The molecule has 0 spiro atoms. The van der Waals surface area contributed by atoms with Crippen molar-refractivity contribution in [1.82, 2.24) is 0 Å². The molecule has 0 heterocycles. The van der Waals surface area contributed by atoms with E-state index in [9.17, 15) is 13.2 Å². The molecular formula is C17H16N2O4S. The Morgan fingerprint density at radius 3 is 2.46 bits per heavy atom. The Hall–Kier alpha value is -2.85. The monoisotopic (exact) mass is 344 g/mol. The lowest BCUT2D eigenvalue weighted by Crippen LogP contribution is -2.24. The molecule has 124 valence electrons. The van der Waals surface area contributed by atoms with Crippen LogP contribution in [0.5, 0.6) is 5.75 Å². The summed E-state index contributed by atoms with van der Waals surface area (Å²) in [4.78, 5) is 12.0. The molecule has 1 N–H and O–H groups in total. The van der Waals surface area contributed by atoms with Crippen LogP contribution in [0.3, 0.4) is 0 Å². The standard InChI is InChI=1S/C17H16N2O4S/c1-23-16-5-3-2-4-15(16)19-17(20)12-24(21,22)11-14-8-6-13(10-18)7-9-14/h2-9H,11-12H2,1H3,(H,19,20). The number of nitrogens with zero attached hydrogens (tertiary/aromatic N) is 1. The molecule has 2 aromatic rings. The predicted octanol–water partition coefficient (Wildman–Crippen LogP) is 2.12. The molecule has 24 heavy (non-hydrogen) atoms. The van der Waals surface area contributed by atoms with Crippen LogP contribution in [0.1, 0.15) is 11.1 Å². The number of rotatable bonds is 6. The summed E-state index contributed by atoms with van der Waals surface area (Å²) in [5.74, 6) is -1.08. The average molecular weight is 344 g/mol. The fourth-order valence-corrected chi connectivity index (χ4v) is 3.39. The van der Waals surface area contributed by atoms with Crippen LogP contribution in [0.2, 0.25) is 0 Å². The van der Waals surface area contributed by atoms with Gasteiger partial charge in [-0.3, -0.25) is 4.79 Å². The molecule has 0 aromatic heterocycles. The van der Waals surface area contributed by atoms with E-state index >= 15 is 0 Å². The van der Waals surface area contributed by atoms with E-state index in [1.165, 1.54) is 7.11 Å². The predicted molar refractivity (Wildman–Crippen MR) is 90.3 cm³/mol. The smallest absolute Gasteiger partial charge is 0.239 e. The third-order valence-electron chi connectivity index (χ3n) is 3.20. The fourth-order valence-electron chi connectivity index (χ4n) is 2.11. The first-order valence-corrected chi connectivity index (χ1v) is 8.88. The van der Waals surface area contributed by atoms with Crippen molar-refractivity contribution >= 4 is 21.4 Å². The minimum absolute atomic E-state index is 0.266. The number of hydrogen-bond acceptors (Lipinski definition) is 5. The second-order valence-electron chi connectivity index (χ2n) is 5.09. The highest BCUT2D eigenvalue weighted by molar-refractivity contribution is 7.91. The van der Waals surface area contributed by atoms with Crippen molar-refractivity contribution in [3.05, 3.63) is 59.7 Å². The average Bonchev–Trinajstić information content (AvgIpc) is 2.55. The minimum atomic E-state index is -3.63. The number of ether oxygens (including phenoxy) is 1. The summed E-state index contributed by atoms with van der Waals surface area (Å²) in [5.41, 5.74) is 1.39. The zero-order valence-electron chi connectivity index (χ0n) is 13.0. The molecular weight excluding hydrogens is 328 g/mol. The number of nitriles is 1. The van der Waals surface area contributed by atoms with Gasteiger partial charge in [0.2, 0.25) is 5.91 Å². The van der Waals surface area contributed by atoms with Gasteiger partial charge in [-0.05, 0) is 29.8 Å². The molecule has 0 saturated carbocycles. The Kier molecular flexibility index (Phi) is 5.55. The maximum absolute atomic E-state index is 12.2. The molecule has 7 heteroatoms. The van der Waals surface area contributed by atoms with E-state index in [2.05, 4.69) is 5.32 Å². The summed E-state index contributed by atoms with van der Waals surface area (Å²) in [7, 11) is -2.16. The van der Waals surface area contributed by atoms with Gasteiger partial charge in [0.1, 0.15) is 11.5 Å². The van der Waals surface area contributed by atoms with Crippen molar-refractivity contribution in [3.63, 3.8) is 0 Å². The highest BCUT2D eigenvalue weighted by Gasteiger charge is 2.18. The van der Waals surface area contributed by atoms with E-state index in [4.69, 9.17) is 10.00 Å². The lowest BCUT2D eigenvalue weighted by molar-refractivity contribution is -0.113. The van der Waals surface area contributed by atoms with Crippen molar-refractivity contribution in [2.24, 2.45) is 0 Å². The van der Waals surface area contributed by atoms with Crippen LogP contribution in [0.15, 0.2) is 48.5 Å². The van der Waals surface area contributed by atoms with E-state index in [1.807, 2.05) is 6.07 Å². The van der Waals surface area contributed by atoms with Crippen molar-refractivity contribution in [1.29, 1.82) is 5.26 Å². The number of carbonyl (C=O) groups excluding carboxylic acids is 1. The second kappa shape index (κ2) is 7.62. The van der Waals surface area contributed by atoms with Gasteiger partial charge in [0.05, 0.1) is 30.2 Å². The third kappa shape index (κ3) is 4.83. The van der Waals surface area contributed by atoms with Crippen LogP contribution < -0.4 is 10.1 Å². The molecule has 0 aliphatic rings. The lowest BCUT2D eigenvalue weighted by Gasteiger charge is -2.10. The maximum atomic E-state index is 12.2. The first-order valence-electron chi connectivity index (χ1n) is 7.06. The highest BCUT2D eigenvalue weighted by atomic mass is 32.2. The molecule has 0 saturated heterocycles. The van der Waals surface area contributed by atoms with Crippen LogP contribution in [0.4, 0.5) is 5.69 Å². The zero-order chi connectivity index (χ0) is 17.6. The zero-order valence-corrected chi connectivity index (χ0v) is 13.8. The SMILES string of the molecule is COc1ccccc1NC(=O)CS(=O)(=O)Cc1ccc(C#N)cc1. The topological polar surface area (TPSA) is 96.3 Å². The Balaban J connectivity index is 2.02. The number of nitrogens with one attached hydrogen (secondary N) is 1. The van der Waals surface area contributed by atoms with Gasteiger partial charge in [0.25, 0.3) is 0 Å². The quantitative estimate of drug-likeness (QED) is 0.866. The number of para-hydroxylation sites is 2. The Labute approximate surface area is 140 Å². The Bertz CT molecular complexity index is 868. The largest absolute Gasteiger partial charge is 0.495 e. The number of carbonyl (C=O) groups is 1. The van der Waals surface area contributed by atoms with Crippen LogP contribution in [0.25, 0.3) is 0 Å². The number of methoxy groups -OCH3 is 1. The number of amides is 1. The fraction of sp³-hybridized carbons (Fsp3) is 0.176. The molecule has 0 atom stereocenters. The Morgan fingerprint density at radius 2 is 1.83 bits per heavy atom. The van der Waals surface area contributed by atoms with Gasteiger partial charge in [-0.1, -0.05) is 24.3 Å². The number of hydrogen-bond donors (Lipinski definition) is 1. The third-order valence-corrected chi connectivity index (χ3v) is 4.68. The summed E-state index contributed by atoms with van der Waals surface area (Å²) < 4.78 is 29.4. The van der Waals surface area contributed by atoms with Gasteiger partial charge in [0.15, 0.2) is 9.84 Å². The molecule has 2 aromatic carbocycles. The van der Waals surface area contributed by atoms with Crippen LogP contribution in [0, 0.1) is 11.3 Å². The molecule has 0 aliphatic heterocycles. The first kappa shape index (κ1) is 17.5. The van der Waals surface area contributed by atoms with E-state index in [0.717, 1.165) is 0 Å². The molecule has 0 bridgehead atoms. The number of anilines is 1. The first-order chi connectivity index (χ1) is 11.4. The van der Waals surface area contributed by atoms with Crippen LogP contribution >= 0.6 is 0 Å². The summed E-state index contributed by atoms with van der Waals surface area (Å²) in [6.07, 6.45) is 0. The van der Waals surface area contributed by atoms with Gasteiger partial charge in [-0.25, -0.2) is 8.42 Å². The van der Waals surface area contributed by atoms with Gasteiger partial charge >= 0.3 is 0 Å². The maximum Gasteiger partial charge on any atom is 0.239 e. The van der Waals surface area contributed by atoms with Crippen molar-refractivity contribution in [2.45, 2.75) is 5.75 Å². The highest BCUT2D eigenvalue weighted by Crippen LogP contribution is 2.23. The van der Waals surface area contributed by atoms with Crippen molar-refractivity contribution in [2.75, 3.05) is 18.2 Å². The van der Waals surface area contributed by atoms with Crippen molar-refractivity contribution < 1.29 is 17.9 Å². The van der Waals surface area contributed by atoms with E-state index in [-0.39, 0.29) is 5.75 Å². The molecule has 0 aliphatic carbocycles. The summed E-state index contributed by atoms with van der Waals surface area (Å²) >= 11 is 0. The van der Waals surface area contributed by atoms with Gasteiger partial charge in [-0.15, -0.1) is 0 Å². The molecule has 0 unspecified atom stereocenters. The second-order valence-corrected chi connectivity index (χ2v) is 7.15.